The van der Waals surface area contributed by atoms with E-state index in [9.17, 15) is 9.50 Å². The molecule has 0 saturated carbocycles. The van der Waals surface area contributed by atoms with Crippen molar-refractivity contribution in [1.29, 1.82) is 0 Å². The summed E-state index contributed by atoms with van der Waals surface area (Å²) in [6.45, 7) is 12.7. The van der Waals surface area contributed by atoms with Crippen LogP contribution in [0.5, 0.6) is 5.75 Å². The van der Waals surface area contributed by atoms with E-state index in [1.54, 1.807) is 12.1 Å². The highest BCUT2D eigenvalue weighted by Crippen LogP contribution is 2.33. The third-order valence-corrected chi connectivity index (χ3v) is 5.59. The van der Waals surface area contributed by atoms with Crippen LogP contribution in [0.4, 0.5) is 4.39 Å². The number of hydrogen-bond donors (Lipinski definition) is 1. The molecule has 0 aliphatic rings. The quantitative estimate of drug-likeness (QED) is 0.421. The van der Waals surface area contributed by atoms with E-state index in [4.69, 9.17) is 9.16 Å². The lowest BCUT2D eigenvalue weighted by molar-refractivity contribution is 0.0889. The lowest BCUT2D eigenvalue weighted by atomic mass is 9.78. The van der Waals surface area contributed by atoms with Crippen LogP contribution >= 0.6 is 0 Å². The van der Waals surface area contributed by atoms with E-state index in [0.717, 1.165) is 5.56 Å². The molecule has 0 aromatic heterocycles. The molecule has 0 amide bonds. The highest BCUT2D eigenvalue weighted by atomic mass is 28.3. The molecule has 2 aromatic carbocycles. The van der Waals surface area contributed by atoms with Gasteiger partial charge >= 0.3 is 0 Å². The van der Waals surface area contributed by atoms with Gasteiger partial charge in [0, 0.05) is 6.07 Å². The molecule has 29 heavy (non-hydrogen) atoms. The Hall–Kier alpha value is -2.11. The Morgan fingerprint density at radius 2 is 1.79 bits per heavy atom. The highest BCUT2D eigenvalue weighted by molar-refractivity contribution is 6.49. The average Bonchev–Trinajstić information content (AvgIpc) is 2.65. The fourth-order valence-electron chi connectivity index (χ4n) is 2.76. The van der Waals surface area contributed by atoms with Crippen molar-refractivity contribution in [2.45, 2.75) is 53.5 Å². The van der Waals surface area contributed by atoms with Crippen LogP contribution in [0.15, 0.2) is 54.6 Å². The number of benzene rings is 2. The Morgan fingerprint density at radius 3 is 2.38 bits per heavy atom. The molecule has 0 fully saturated rings. The molecule has 3 nitrogen and oxygen atoms in total. The summed E-state index contributed by atoms with van der Waals surface area (Å²) in [5.41, 5.74) is 1.57. The maximum absolute atomic E-state index is 14.0. The monoisotopic (exact) mass is 415 g/mol. The van der Waals surface area contributed by atoms with Crippen molar-refractivity contribution in [3.63, 3.8) is 0 Å². The fraction of sp³-hybridized carbons (Fsp3) is 0.417. The molecule has 2 aromatic rings. The maximum atomic E-state index is 14.0. The van der Waals surface area contributed by atoms with Gasteiger partial charge in [-0.05, 0) is 48.2 Å². The second-order valence-corrected chi connectivity index (χ2v) is 10.6. The van der Waals surface area contributed by atoms with E-state index in [0.29, 0.717) is 23.7 Å². The lowest BCUT2D eigenvalue weighted by Gasteiger charge is -2.30. The largest absolute Gasteiger partial charge is 0.542 e. The molecule has 0 aliphatic carbocycles. The van der Waals surface area contributed by atoms with Crippen LogP contribution in [0.25, 0.3) is 5.76 Å². The van der Waals surface area contributed by atoms with Gasteiger partial charge in [0.2, 0.25) is 0 Å². The van der Waals surface area contributed by atoms with Crippen molar-refractivity contribution in [1.82, 2.24) is 0 Å². The molecule has 2 atom stereocenters. The van der Waals surface area contributed by atoms with Gasteiger partial charge in [-0.3, -0.25) is 0 Å². The molecule has 157 valence electrons. The van der Waals surface area contributed by atoms with E-state index in [1.807, 2.05) is 50.3 Å². The number of ether oxygens (including phenoxy) is 1. The van der Waals surface area contributed by atoms with E-state index in [-0.39, 0.29) is 17.2 Å². The summed E-state index contributed by atoms with van der Waals surface area (Å²) in [6.07, 6.45) is 1.04. The van der Waals surface area contributed by atoms with Gasteiger partial charge in [-0.15, -0.1) is 0 Å². The first-order chi connectivity index (χ1) is 13.6. The molecule has 2 rings (SSSR count). The normalized spacial score (nSPS) is 14.6. The highest BCUT2D eigenvalue weighted by Gasteiger charge is 2.27. The summed E-state index contributed by atoms with van der Waals surface area (Å²) >= 11 is 0. The zero-order valence-corrected chi connectivity index (χ0v) is 19.2. The first kappa shape index (κ1) is 23.2. The summed E-state index contributed by atoms with van der Waals surface area (Å²) in [4.78, 5) is 0. The van der Waals surface area contributed by atoms with Crippen molar-refractivity contribution in [2.75, 3.05) is 0 Å². The minimum absolute atomic E-state index is 0.0135. The van der Waals surface area contributed by atoms with Crippen LogP contribution in [0.1, 0.15) is 38.8 Å². The van der Waals surface area contributed by atoms with Crippen molar-refractivity contribution in [3.05, 3.63) is 71.6 Å². The lowest BCUT2D eigenvalue weighted by Crippen LogP contribution is -2.28. The zero-order valence-electron chi connectivity index (χ0n) is 18.2. The van der Waals surface area contributed by atoms with Crippen LogP contribution in [0.3, 0.4) is 0 Å². The molecule has 1 N–H and O–H groups in total. The Balaban J connectivity index is 2.38. The molecular formula is C24H32FO3Si. The second kappa shape index (κ2) is 10.1. The molecule has 0 unspecified atom stereocenters. The smallest absolute Gasteiger partial charge is 0.274 e. The summed E-state index contributed by atoms with van der Waals surface area (Å²) in [5, 5.41) is 10.8. The summed E-state index contributed by atoms with van der Waals surface area (Å²) in [6, 6.07) is 14.1. The fourth-order valence-corrected chi connectivity index (χ4v) is 3.38. The van der Waals surface area contributed by atoms with Gasteiger partial charge in [0.15, 0.2) is 0 Å². The molecule has 0 saturated heterocycles. The number of hydrogen-bond acceptors (Lipinski definition) is 3. The van der Waals surface area contributed by atoms with Gasteiger partial charge in [0.05, 0.1) is 11.7 Å². The summed E-state index contributed by atoms with van der Waals surface area (Å²) in [5.74, 6) is 0.576. The molecule has 0 aliphatic heterocycles. The summed E-state index contributed by atoms with van der Waals surface area (Å²) in [7, 11) is -1.11. The van der Waals surface area contributed by atoms with Crippen molar-refractivity contribution in [3.8, 4) is 5.75 Å². The number of aliphatic hydroxyl groups is 1. The van der Waals surface area contributed by atoms with Crippen LogP contribution in [-0.4, -0.2) is 20.3 Å². The maximum Gasteiger partial charge on any atom is 0.274 e. The van der Waals surface area contributed by atoms with Gasteiger partial charge in [-0.2, -0.15) is 0 Å². The second-order valence-electron chi connectivity index (χ2n) is 8.60. The predicted octanol–water partition coefficient (Wildman–Crippen LogP) is 6.06. The van der Waals surface area contributed by atoms with E-state index in [1.165, 1.54) is 12.1 Å². The SMILES string of the molecule is C[C@H]([C@H](O)C=C(O[Si](C)C)c1ccc(F)cc1OCc1ccccc1)C(C)(C)C. The van der Waals surface area contributed by atoms with E-state index >= 15 is 0 Å². The third kappa shape index (κ3) is 7.01. The van der Waals surface area contributed by atoms with Crippen molar-refractivity contribution in [2.24, 2.45) is 11.3 Å². The van der Waals surface area contributed by atoms with E-state index < -0.39 is 15.1 Å². The first-order valence-corrected chi connectivity index (χ1v) is 12.3. The molecule has 1 radical (unpaired) electrons. The van der Waals surface area contributed by atoms with E-state index in [2.05, 4.69) is 20.8 Å². The third-order valence-electron chi connectivity index (χ3n) is 4.96. The van der Waals surface area contributed by atoms with Gasteiger partial charge in [-0.25, -0.2) is 4.39 Å². The van der Waals surface area contributed by atoms with Crippen molar-refractivity contribution < 1.29 is 18.7 Å². The predicted molar refractivity (Wildman–Crippen MR) is 118 cm³/mol. The number of aliphatic hydroxyl groups excluding tert-OH is 1. The Kier molecular flexibility index (Phi) is 8.05. The average molecular weight is 416 g/mol. The number of halogens is 1. The van der Waals surface area contributed by atoms with Crippen LogP contribution in [0, 0.1) is 17.2 Å². The Labute approximate surface area is 175 Å². The molecule has 0 heterocycles. The van der Waals surface area contributed by atoms with Crippen LogP contribution < -0.4 is 4.74 Å². The Morgan fingerprint density at radius 1 is 1.14 bits per heavy atom. The minimum atomic E-state index is -1.11. The summed E-state index contributed by atoms with van der Waals surface area (Å²) < 4.78 is 26.0. The first-order valence-electron chi connectivity index (χ1n) is 9.92. The van der Waals surface area contributed by atoms with Gasteiger partial charge < -0.3 is 14.3 Å². The molecule has 0 bridgehead atoms. The molecule has 5 heteroatoms. The van der Waals surface area contributed by atoms with Gasteiger partial charge in [0.25, 0.3) is 9.04 Å². The standard InChI is InChI=1S/C24H32FO3Si/c1-17(24(2,3)4)21(26)15-23(28-29(5)6)20-13-12-19(25)14-22(20)27-16-18-10-8-7-9-11-18/h7-15,17,21,26H,16H2,1-6H3/t17-,21-/m1/s1. The minimum Gasteiger partial charge on any atom is -0.542 e. The van der Waals surface area contributed by atoms with Gasteiger partial charge in [-0.1, -0.05) is 58.0 Å². The van der Waals surface area contributed by atoms with Gasteiger partial charge in [0.1, 0.15) is 23.9 Å². The molecule has 0 spiro atoms. The molecular weight excluding hydrogens is 383 g/mol. The topological polar surface area (TPSA) is 38.7 Å². The van der Waals surface area contributed by atoms with Crippen molar-refractivity contribution >= 4 is 14.8 Å². The number of rotatable bonds is 8. The Bertz CT molecular complexity index is 813. The van der Waals surface area contributed by atoms with Crippen LogP contribution in [-0.2, 0) is 11.0 Å². The van der Waals surface area contributed by atoms with Crippen LogP contribution in [0.2, 0.25) is 13.1 Å². The zero-order chi connectivity index (χ0) is 21.6.